The number of rotatable bonds is 7. The Balaban J connectivity index is 1.54. The first-order valence-corrected chi connectivity index (χ1v) is 11.6. The van der Waals surface area contributed by atoms with Crippen LogP contribution in [0.3, 0.4) is 0 Å². The Morgan fingerprint density at radius 2 is 1.88 bits per heavy atom. The third kappa shape index (κ3) is 4.98. The quantitative estimate of drug-likeness (QED) is 0.396. The van der Waals surface area contributed by atoms with Gasteiger partial charge in [-0.3, -0.25) is 9.48 Å². The van der Waals surface area contributed by atoms with E-state index in [-0.39, 0.29) is 17.5 Å². The zero-order valence-electron chi connectivity index (χ0n) is 19.0. The number of aryl methyl sites for hydroxylation is 3. The highest BCUT2D eigenvalue weighted by Gasteiger charge is 2.20. The summed E-state index contributed by atoms with van der Waals surface area (Å²) in [6.45, 7) is 6.37. The molecule has 0 bridgehead atoms. The molecule has 170 valence electrons. The molecule has 0 aliphatic carbocycles. The van der Waals surface area contributed by atoms with E-state index in [0.29, 0.717) is 28.8 Å². The van der Waals surface area contributed by atoms with Crippen molar-refractivity contribution >= 4 is 23.4 Å². The first-order chi connectivity index (χ1) is 15.9. The minimum atomic E-state index is -0.350. The summed E-state index contributed by atoms with van der Waals surface area (Å²) in [6.07, 6.45) is 1.93. The van der Waals surface area contributed by atoms with Crippen LogP contribution < -0.4 is 5.32 Å². The fourth-order valence-electron chi connectivity index (χ4n) is 3.45. The van der Waals surface area contributed by atoms with Crippen LogP contribution in [0.5, 0.6) is 0 Å². The molecule has 4 aromatic rings. The molecule has 0 radical (unpaired) electrons. The minimum Gasteiger partial charge on any atom is -0.325 e. The molecule has 0 fully saturated rings. The number of hydrogen-bond donors (Lipinski definition) is 1. The molecule has 7 nitrogen and oxygen atoms in total. The van der Waals surface area contributed by atoms with Gasteiger partial charge in [-0.25, -0.2) is 4.39 Å². The van der Waals surface area contributed by atoms with Crippen molar-refractivity contribution < 1.29 is 9.18 Å². The number of aromatic nitrogens is 5. The molecule has 0 saturated heterocycles. The molecule has 0 aliphatic heterocycles. The lowest BCUT2D eigenvalue weighted by Gasteiger charge is -2.08. The van der Waals surface area contributed by atoms with Crippen LogP contribution in [0.1, 0.15) is 18.1 Å². The van der Waals surface area contributed by atoms with Gasteiger partial charge in [-0.05, 0) is 38.5 Å². The second-order valence-corrected chi connectivity index (χ2v) is 8.72. The zero-order valence-corrected chi connectivity index (χ0v) is 19.8. The summed E-state index contributed by atoms with van der Waals surface area (Å²) in [5, 5.41) is 16.7. The normalized spacial score (nSPS) is 11.1. The number of amides is 1. The summed E-state index contributed by atoms with van der Waals surface area (Å²) in [5.41, 5.74) is 4.85. The Labute approximate surface area is 196 Å². The molecule has 1 N–H and O–H groups in total. The smallest absolute Gasteiger partial charge is 0.234 e. The van der Waals surface area contributed by atoms with E-state index in [9.17, 15) is 9.18 Å². The summed E-state index contributed by atoms with van der Waals surface area (Å²) < 4.78 is 17.5. The van der Waals surface area contributed by atoms with E-state index in [1.807, 2.05) is 43.8 Å². The van der Waals surface area contributed by atoms with Gasteiger partial charge in [0, 0.05) is 31.0 Å². The Kier molecular flexibility index (Phi) is 6.60. The first-order valence-electron chi connectivity index (χ1n) is 10.6. The van der Waals surface area contributed by atoms with E-state index in [0.717, 1.165) is 16.8 Å². The Bertz CT molecular complexity index is 1300. The topological polar surface area (TPSA) is 77.6 Å². The van der Waals surface area contributed by atoms with Gasteiger partial charge in [-0.15, -0.1) is 10.2 Å². The minimum absolute atomic E-state index is 0.130. The average Bonchev–Trinajstić information content (AvgIpc) is 3.38. The maximum Gasteiger partial charge on any atom is 0.234 e. The standard InChI is InChI=1S/C24H25FN6OS/c1-5-31-23(19-13-30(4)29-22(19)17-9-6-15(2)7-10-17)27-28-24(31)33-14-21(32)26-18-11-8-16(3)20(25)12-18/h6-13H,5,14H2,1-4H3,(H,26,32). The first kappa shape index (κ1) is 22.7. The van der Waals surface area contributed by atoms with Crippen LogP contribution in [-0.4, -0.2) is 36.2 Å². The van der Waals surface area contributed by atoms with Crippen molar-refractivity contribution in [2.75, 3.05) is 11.1 Å². The molecular formula is C24H25FN6OS. The second kappa shape index (κ2) is 9.58. The number of carbonyl (C=O) groups is 1. The number of anilines is 1. The summed E-state index contributed by atoms with van der Waals surface area (Å²) in [5.74, 6) is 0.240. The molecular weight excluding hydrogens is 439 g/mol. The molecule has 0 atom stereocenters. The molecule has 2 heterocycles. The van der Waals surface area contributed by atoms with E-state index in [1.165, 1.54) is 23.4 Å². The third-order valence-electron chi connectivity index (χ3n) is 5.22. The Morgan fingerprint density at radius 3 is 2.58 bits per heavy atom. The summed E-state index contributed by atoms with van der Waals surface area (Å²) in [6, 6.07) is 12.8. The van der Waals surface area contributed by atoms with Gasteiger partial charge < -0.3 is 9.88 Å². The molecule has 0 saturated carbocycles. The van der Waals surface area contributed by atoms with Gasteiger partial charge in [-0.2, -0.15) is 5.10 Å². The van der Waals surface area contributed by atoms with E-state index < -0.39 is 0 Å². The Hall–Kier alpha value is -3.46. The van der Waals surface area contributed by atoms with Crippen LogP contribution in [0.4, 0.5) is 10.1 Å². The van der Waals surface area contributed by atoms with Crippen molar-refractivity contribution in [1.82, 2.24) is 24.5 Å². The van der Waals surface area contributed by atoms with E-state index in [4.69, 9.17) is 0 Å². The fraction of sp³-hybridized carbons (Fsp3) is 0.250. The molecule has 4 rings (SSSR count). The number of halogens is 1. The van der Waals surface area contributed by atoms with Crippen LogP contribution in [0.25, 0.3) is 22.6 Å². The van der Waals surface area contributed by atoms with Crippen molar-refractivity contribution in [3.63, 3.8) is 0 Å². The van der Waals surface area contributed by atoms with Crippen molar-refractivity contribution in [2.45, 2.75) is 32.5 Å². The molecule has 0 unspecified atom stereocenters. The van der Waals surface area contributed by atoms with Gasteiger partial charge in [0.25, 0.3) is 0 Å². The van der Waals surface area contributed by atoms with Crippen molar-refractivity contribution in [3.8, 4) is 22.6 Å². The summed E-state index contributed by atoms with van der Waals surface area (Å²) >= 11 is 1.29. The van der Waals surface area contributed by atoms with E-state index >= 15 is 0 Å². The second-order valence-electron chi connectivity index (χ2n) is 7.78. The number of nitrogens with zero attached hydrogens (tertiary/aromatic N) is 5. The van der Waals surface area contributed by atoms with Crippen molar-refractivity contribution in [3.05, 3.63) is 65.6 Å². The van der Waals surface area contributed by atoms with Crippen LogP contribution in [0, 0.1) is 19.7 Å². The zero-order chi connectivity index (χ0) is 23.5. The molecule has 33 heavy (non-hydrogen) atoms. The number of carbonyl (C=O) groups excluding carboxylic acids is 1. The largest absolute Gasteiger partial charge is 0.325 e. The summed E-state index contributed by atoms with van der Waals surface area (Å²) in [7, 11) is 1.88. The number of thioether (sulfide) groups is 1. The van der Waals surface area contributed by atoms with Gasteiger partial charge in [0.15, 0.2) is 11.0 Å². The predicted octanol–water partition coefficient (Wildman–Crippen LogP) is 4.85. The van der Waals surface area contributed by atoms with Gasteiger partial charge in [0.1, 0.15) is 11.5 Å². The fourth-order valence-corrected chi connectivity index (χ4v) is 4.26. The molecule has 2 aromatic carbocycles. The average molecular weight is 465 g/mol. The van der Waals surface area contributed by atoms with E-state index in [2.05, 4.69) is 32.7 Å². The maximum atomic E-state index is 13.7. The lowest BCUT2D eigenvalue weighted by atomic mass is 10.1. The van der Waals surface area contributed by atoms with Crippen LogP contribution >= 0.6 is 11.8 Å². The highest BCUT2D eigenvalue weighted by molar-refractivity contribution is 7.99. The number of hydrogen-bond acceptors (Lipinski definition) is 5. The number of benzene rings is 2. The maximum absolute atomic E-state index is 13.7. The van der Waals surface area contributed by atoms with Gasteiger partial charge in [0.2, 0.25) is 5.91 Å². The molecule has 0 spiro atoms. The third-order valence-corrected chi connectivity index (χ3v) is 6.18. The van der Waals surface area contributed by atoms with Crippen LogP contribution in [0.15, 0.2) is 53.8 Å². The van der Waals surface area contributed by atoms with Crippen LogP contribution in [0.2, 0.25) is 0 Å². The van der Waals surface area contributed by atoms with Crippen molar-refractivity contribution in [2.24, 2.45) is 7.05 Å². The number of nitrogens with one attached hydrogen (secondary N) is 1. The van der Waals surface area contributed by atoms with Crippen LogP contribution in [-0.2, 0) is 18.4 Å². The molecule has 9 heteroatoms. The lowest BCUT2D eigenvalue weighted by Crippen LogP contribution is -2.15. The lowest BCUT2D eigenvalue weighted by molar-refractivity contribution is -0.113. The molecule has 0 aliphatic rings. The van der Waals surface area contributed by atoms with E-state index in [1.54, 1.807) is 23.7 Å². The van der Waals surface area contributed by atoms with Crippen molar-refractivity contribution in [1.29, 1.82) is 0 Å². The van der Waals surface area contributed by atoms with Gasteiger partial charge in [0.05, 0.1) is 11.3 Å². The highest BCUT2D eigenvalue weighted by Crippen LogP contribution is 2.32. The SMILES string of the molecule is CCn1c(SCC(=O)Nc2ccc(C)c(F)c2)nnc1-c1cn(C)nc1-c1ccc(C)cc1. The Morgan fingerprint density at radius 1 is 1.12 bits per heavy atom. The van der Waals surface area contributed by atoms with Gasteiger partial charge >= 0.3 is 0 Å². The van der Waals surface area contributed by atoms with Gasteiger partial charge in [-0.1, -0.05) is 47.7 Å². The predicted molar refractivity (Wildman–Crippen MR) is 129 cm³/mol. The molecule has 1 amide bonds. The molecule has 2 aromatic heterocycles. The highest BCUT2D eigenvalue weighted by atomic mass is 32.2. The monoisotopic (exact) mass is 464 g/mol. The summed E-state index contributed by atoms with van der Waals surface area (Å²) in [4.78, 5) is 12.4.